The molecule has 1 atom stereocenters. The smallest absolute Gasteiger partial charge is 0.244 e. The quantitative estimate of drug-likeness (QED) is 0.813. The number of nitrogens with one attached hydrogen (secondary N) is 1. The SMILES string of the molecule is CONC(=O)CC(C)(c1ccc(Br)cc1)c1ccccc1C. The summed E-state index contributed by atoms with van der Waals surface area (Å²) in [6.07, 6.45) is 0.313. The van der Waals surface area contributed by atoms with E-state index in [9.17, 15) is 4.79 Å². The summed E-state index contributed by atoms with van der Waals surface area (Å²) in [5.41, 5.74) is 5.40. The van der Waals surface area contributed by atoms with Crippen LogP contribution in [0.2, 0.25) is 0 Å². The zero-order chi connectivity index (χ0) is 16.2. The molecule has 1 unspecified atom stereocenters. The Hall–Kier alpha value is -1.65. The van der Waals surface area contributed by atoms with Crippen LogP contribution in [0.4, 0.5) is 0 Å². The summed E-state index contributed by atoms with van der Waals surface area (Å²) in [6.45, 7) is 4.16. The first-order valence-electron chi connectivity index (χ1n) is 7.11. The molecule has 22 heavy (non-hydrogen) atoms. The molecule has 0 aromatic heterocycles. The molecule has 1 amide bonds. The predicted octanol–water partition coefficient (Wildman–Crippen LogP) is 4.13. The van der Waals surface area contributed by atoms with Crippen LogP contribution in [-0.2, 0) is 15.0 Å². The van der Waals surface area contributed by atoms with Gasteiger partial charge in [-0.25, -0.2) is 5.48 Å². The third kappa shape index (κ3) is 3.57. The van der Waals surface area contributed by atoms with Gasteiger partial charge in [0.15, 0.2) is 0 Å². The minimum absolute atomic E-state index is 0.142. The topological polar surface area (TPSA) is 38.3 Å². The van der Waals surface area contributed by atoms with Gasteiger partial charge >= 0.3 is 0 Å². The van der Waals surface area contributed by atoms with Gasteiger partial charge in [0, 0.05) is 16.3 Å². The zero-order valence-electron chi connectivity index (χ0n) is 13.0. The van der Waals surface area contributed by atoms with Gasteiger partial charge in [-0.15, -0.1) is 0 Å². The van der Waals surface area contributed by atoms with Gasteiger partial charge in [0.25, 0.3) is 0 Å². The zero-order valence-corrected chi connectivity index (χ0v) is 14.6. The van der Waals surface area contributed by atoms with Crippen molar-refractivity contribution in [2.75, 3.05) is 7.11 Å². The lowest BCUT2D eigenvalue weighted by Crippen LogP contribution is -2.34. The number of aryl methyl sites for hydroxylation is 1. The van der Waals surface area contributed by atoms with Crippen LogP contribution in [-0.4, -0.2) is 13.0 Å². The van der Waals surface area contributed by atoms with Crippen molar-refractivity contribution >= 4 is 21.8 Å². The Labute approximate surface area is 139 Å². The van der Waals surface area contributed by atoms with Gasteiger partial charge in [-0.05, 0) is 35.7 Å². The molecule has 2 rings (SSSR count). The molecule has 3 nitrogen and oxygen atoms in total. The number of carbonyl (C=O) groups is 1. The van der Waals surface area contributed by atoms with Crippen molar-refractivity contribution in [3.8, 4) is 0 Å². The molecule has 1 N–H and O–H groups in total. The summed E-state index contributed by atoms with van der Waals surface area (Å²) in [7, 11) is 1.45. The number of rotatable bonds is 5. The monoisotopic (exact) mass is 361 g/mol. The van der Waals surface area contributed by atoms with Crippen LogP contribution in [0, 0.1) is 6.92 Å². The summed E-state index contributed by atoms with van der Waals surface area (Å²) in [6, 6.07) is 16.3. The molecule has 0 saturated carbocycles. The molecule has 4 heteroatoms. The van der Waals surface area contributed by atoms with Crippen LogP contribution >= 0.6 is 15.9 Å². The van der Waals surface area contributed by atoms with Crippen LogP contribution in [0.5, 0.6) is 0 Å². The Morgan fingerprint density at radius 3 is 2.41 bits per heavy atom. The van der Waals surface area contributed by atoms with E-state index >= 15 is 0 Å². The minimum Gasteiger partial charge on any atom is -0.277 e. The number of benzene rings is 2. The Kier molecular flexibility index (Phi) is 5.37. The van der Waals surface area contributed by atoms with Crippen molar-refractivity contribution in [2.24, 2.45) is 0 Å². The van der Waals surface area contributed by atoms with E-state index in [1.807, 2.05) is 24.3 Å². The molecule has 0 spiro atoms. The van der Waals surface area contributed by atoms with Crippen molar-refractivity contribution < 1.29 is 9.63 Å². The van der Waals surface area contributed by atoms with Crippen LogP contribution in [0.1, 0.15) is 30.0 Å². The van der Waals surface area contributed by atoms with Gasteiger partial charge in [-0.1, -0.05) is 59.3 Å². The molecule has 116 valence electrons. The molecule has 0 bridgehead atoms. The van der Waals surface area contributed by atoms with E-state index in [-0.39, 0.29) is 5.91 Å². The van der Waals surface area contributed by atoms with Gasteiger partial charge in [0.2, 0.25) is 5.91 Å². The fraction of sp³-hybridized carbons (Fsp3) is 0.278. The van der Waals surface area contributed by atoms with Gasteiger partial charge in [-0.3, -0.25) is 9.63 Å². The molecule has 0 saturated heterocycles. The first kappa shape index (κ1) is 16.7. The Morgan fingerprint density at radius 2 is 1.82 bits per heavy atom. The third-order valence-corrected chi connectivity index (χ3v) is 4.48. The Morgan fingerprint density at radius 1 is 1.18 bits per heavy atom. The standard InChI is InChI=1S/C18H20BrNO2/c1-13-6-4-5-7-16(13)18(2,12-17(21)20-22-3)14-8-10-15(19)11-9-14/h4-11H,12H2,1-3H3,(H,20,21). The Bertz CT molecular complexity index is 654. The van der Waals surface area contributed by atoms with Gasteiger partial charge in [0.1, 0.15) is 0 Å². The maximum atomic E-state index is 12.1. The van der Waals surface area contributed by atoms with Gasteiger partial charge in [0.05, 0.1) is 7.11 Å². The summed E-state index contributed by atoms with van der Waals surface area (Å²) in [4.78, 5) is 16.9. The molecule has 2 aromatic rings. The fourth-order valence-corrected chi connectivity index (χ4v) is 3.10. The summed E-state index contributed by atoms with van der Waals surface area (Å²) in [5.74, 6) is -0.142. The number of carbonyl (C=O) groups excluding carboxylic acids is 1. The van der Waals surface area contributed by atoms with E-state index in [0.717, 1.165) is 21.2 Å². The second-order valence-electron chi connectivity index (χ2n) is 5.56. The molecular formula is C18H20BrNO2. The highest BCUT2D eigenvalue weighted by Crippen LogP contribution is 2.37. The fourth-order valence-electron chi connectivity index (χ4n) is 2.83. The minimum atomic E-state index is -0.422. The van der Waals surface area contributed by atoms with E-state index in [1.54, 1.807) is 0 Å². The summed E-state index contributed by atoms with van der Waals surface area (Å²) in [5, 5.41) is 0. The number of halogens is 1. The van der Waals surface area contributed by atoms with Crippen molar-refractivity contribution in [1.82, 2.24) is 5.48 Å². The van der Waals surface area contributed by atoms with Crippen LogP contribution in [0.15, 0.2) is 53.0 Å². The molecule has 0 aliphatic carbocycles. The van der Waals surface area contributed by atoms with E-state index in [2.05, 4.69) is 59.5 Å². The second-order valence-corrected chi connectivity index (χ2v) is 6.48. The average molecular weight is 362 g/mol. The molecule has 0 heterocycles. The van der Waals surface area contributed by atoms with E-state index in [4.69, 9.17) is 4.84 Å². The molecule has 0 radical (unpaired) electrons. The highest BCUT2D eigenvalue weighted by atomic mass is 79.9. The van der Waals surface area contributed by atoms with Crippen molar-refractivity contribution in [2.45, 2.75) is 25.7 Å². The lowest BCUT2D eigenvalue weighted by atomic mass is 9.72. The van der Waals surface area contributed by atoms with Crippen molar-refractivity contribution in [3.05, 3.63) is 69.7 Å². The van der Waals surface area contributed by atoms with Crippen molar-refractivity contribution in [3.63, 3.8) is 0 Å². The predicted molar refractivity (Wildman–Crippen MR) is 91.5 cm³/mol. The highest BCUT2D eigenvalue weighted by molar-refractivity contribution is 9.10. The summed E-state index contributed by atoms with van der Waals surface area (Å²) >= 11 is 3.46. The van der Waals surface area contributed by atoms with Crippen LogP contribution in [0.3, 0.4) is 0 Å². The first-order valence-corrected chi connectivity index (χ1v) is 7.90. The van der Waals surface area contributed by atoms with Crippen LogP contribution in [0.25, 0.3) is 0 Å². The lowest BCUT2D eigenvalue weighted by Gasteiger charge is -2.32. The maximum absolute atomic E-state index is 12.1. The highest BCUT2D eigenvalue weighted by Gasteiger charge is 2.32. The molecular weight excluding hydrogens is 342 g/mol. The number of hydrogen-bond acceptors (Lipinski definition) is 2. The molecule has 0 fully saturated rings. The summed E-state index contributed by atoms with van der Waals surface area (Å²) < 4.78 is 1.02. The normalized spacial score (nSPS) is 13.5. The number of hydroxylamine groups is 1. The average Bonchev–Trinajstić information content (AvgIpc) is 2.48. The largest absolute Gasteiger partial charge is 0.277 e. The lowest BCUT2D eigenvalue weighted by molar-refractivity contribution is -0.132. The van der Waals surface area contributed by atoms with E-state index in [0.29, 0.717) is 6.42 Å². The molecule has 0 aliphatic rings. The molecule has 2 aromatic carbocycles. The number of amides is 1. The molecule has 0 aliphatic heterocycles. The van der Waals surface area contributed by atoms with Crippen molar-refractivity contribution in [1.29, 1.82) is 0 Å². The van der Waals surface area contributed by atoms with E-state index < -0.39 is 5.41 Å². The van der Waals surface area contributed by atoms with Crippen LogP contribution < -0.4 is 5.48 Å². The number of hydrogen-bond donors (Lipinski definition) is 1. The maximum Gasteiger partial charge on any atom is 0.244 e. The third-order valence-electron chi connectivity index (χ3n) is 3.95. The van der Waals surface area contributed by atoms with E-state index in [1.165, 1.54) is 7.11 Å². The van der Waals surface area contributed by atoms with Gasteiger partial charge in [-0.2, -0.15) is 0 Å². The first-order chi connectivity index (χ1) is 10.5. The van der Waals surface area contributed by atoms with Gasteiger partial charge < -0.3 is 0 Å². The Balaban J connectivity index is 2.51. The second kappa shape index (κ2) is 7.07.